The van der Waals surface area contributed by atoms with Crippen LogP contribution in [0.5, 0.6) is 17.4 Å². The fourth-order valence-electron chi connectivity index (χ4n) is 2.50. The van der Waals surface area contributed by atoms with E-state index in [0.717, 1.165) is 11.3 Å². The highest BCUT2D eigenvalue weighted by Gasteiger charge is 2.10. The summed E-state index contributed by atoms with van der Waals surface area (Å²) in [6.07, 6.45) is 1.63. The molecular formula is C22H23N3O3. The molecule has 1 aromatic heterocycles. The van der Waals surface area contributed by atoms with Gasteiger partial charge in [-0.25, -0.2) is 4.98 Å². The van der Waals surface area contributed by atoms with Crippen LogP contribution >= 0.6 is 0 Å². The van der Waals surface area contributed by atoms with Crippen molar-refractivity contribution in [2.24, 2.45) is 5.92 Å². The molecule has 0 aliphatic rings. The molecule has 1 amide bonds. The smallest absolute Gasteiger partial charge is 0.251 e. The molecule has 3 rings (SSSR count). The van der Waals surface area contributed by atoms with Gasteiger partial charge in [-0.15, -0.1) is 0 Å². The van der Waals surface area contributed by atoms with Crippen LogP contribution in [0, 0.1) is 5.92 Å². The molecule has 0 aliphatic carbocycles. The largest absolute Gasteiger partial charge is 0.497 e. The molecule has 28 heavy (non-hydrogen) atoms. The lowest BCUT2D eigenvalue weighted by atomic mass is 10.1. The number of carbonyl (C=O) groups excluding carboxylic acids is 1. The quantitative estimate of drug-likeness (QED) is 0.663. The maximum Gasteiger partial charge on any atom is 0.251 e. The number of nitrogens with one attached hydrogen (secondary N) is 1. The maximum absolute atomic E-state index is 12.3. The molecule has 0 spiro atoms. The van der Waals surface area contributed by atoms with Crippen LogP contribution < -0.4 is 14.8 Å². The second-order valence-corrected chi connectivity index (χ2v) is 6.68. The van der Waals surface area contributed by atoms with Gasteiger partial charge in [0.15, 0.2) is 5.82 Å². The van der Waals surface area contributed by atoms with E-state index in [1.807, 2.05) is 24.3 Å². The summed E-state index contributed by atoms with van der Waals surface area (Å²) in [6, 6.07) is 16.2. The molecule has 0 radical (unpaired) electrons. The average molecular weight is 377 g/mol. The Morgan fingerprint density at radius 2 is 1.82 bits per heavy atom. The third kappa shape index (κ3) is 5.07. The van der Waals surface area contributed by atoms with E-state index >= 15 is 0 Å². The van der Waals surface area contributed by atoms with Gasteiger partial charge in [-0.05, 0) is 42.3 Å². The first kappa shape index (κ1) is 19.4. The number of benzene rings is 2. The number of nitrogens with zero attached hydrogens (tertiary/aromatic N) is 2. The standard InChI is InChI=1S/C22H23N3O3/c1-15(2)14-24-22(26)17-6-4-5-16(13-17)21-23-12-11-20(25-21)28-19-9-7-18(27-3)8-10-19/h4-13,15H,14H2,1-3H3,(H,24,26). The third-order valence-electron chi connectivity index (χ3n) is 3.97. The van der Waals surface area contributed by atoms with E-state index in [2.05, 4.69) is 29.1 Å². The number of amides is 1. The van der Waals surface area contributed by atoms with Crippen molar-refractivity contribution in [3.8, 4) is 28.8 Å². The lowest BCUT2D eigenvalue weighted by Gasteiger charge is -2.09. The highest BCUT2D eigenvalue weighted by molar-refractivity contribution is 5.95. The van der Waals surface area contributed by atoms with E-state index in [1.165, 1.54) is 0 Å². The van der Waals surface area contributed by atoms with Crippen molar-refractivity contribution in [3.05, 3.63) is 66.4 Å². The van der Waals surface area contributed by atoms with Crippen molar-refractivity contribution >= 4 is 5.91 Å². The van der Waals surface area contributed by atoms with Crippen LogP contribution in [-0.2, 0) is 0 Å². The lowest BCUT2D eigenvalue weighted by molar-refractivity contribution is 0.0949. The summed E-state index contributed by atoms with van der Waals surface area (Å²) in [6.45, 7) is 4.74. The van der Waals surface area contributed by atoms with Gasteiger partial charge in [-0.3, -0.25) is 4.79 Å². The monoisotopic (exact) mass is 377 g/mol. The topological polar surface area (TPSA) is 73.3 Å². The van der Waals surface area contributed by atoms with Crippen LogP contribution in [-0.4, -0.2) is 29.5 Å². The predicted molar refractivity (Wildman–Crippen MR) is 108 cm³/mol. The number of methoxy groups -OCH3 is 1. The van der Waals surface area contributed by atoms with Crippen LogP contribution in [0.25, 0.3) is 11.4 Å². The summed E-state index contributed by atoms with van der Waals surface area (Å²) in [7, 11) is 1.61. The number of hydrogen-bond donors (Lipinski definition) is 1. The Morgan fingerprint density at radius 3 is 2.54 bits per heavy atom. The molecule has 0 bridgehead atoms. The molecule has 0 aliphatic heterocycles. The van der Waals surface area contributed by atoms with Gasteiger partial charge in [0, 0.05) is 29.9 Å². The molecule has 6 nitrogen and oxygen atoms in total. The van der Waals surface area contributed by atoms with Gasteiger partial charge in [-0.1, -0.05) is 26.0 Å². The predicted octanol–water partition coefficient (Wildman–Crippen LogP) is 4.33. The Bertz CT molecular complexity index is 940. The fourth-order valence-corrected chi connectivity index (χ4v) is 2.50. The first-order valence-electron chi connectivity index (χ1n) is 9.09. The normalized spacial score (nSPS) is 10.6. The molecule has 0 unspecified atom stereocenters. The van der Waals surface area contributed by atoms with Crippen LogP contribution in [0.2, 0.25) is 0 Å². The summed E-state index contributed by atoms with van der Waals surface area (Å²) in [5.74, 6) is 2.59. The Morgan fingerprint density at radius 1 is 1.07 bits per heavy atom. The van der Waals surface area contributed by atoms with Gasteiger partial charge >= 0.3 is 0 Å². The number of aromatic nitrogens is 2. The lowest BCUT2D eigenvalue weighted by Crippen LogP contribution is -2.27. The summed E-state index contributed by atoms with van der Waals surface area (Å²) in [4.78, 5) is 21.1. The van der Waals surface area contributed by atoms with Gasteiger partial charge < -0.3 is 14.8 Å². The molecule has 0 saturated carbocycles. The van der Waals surface area contributed by atoms with Crippen molar-refractivity contribution in [1.29, 1.82) is 0 Å². The first-order chi connectivity index (χ1) is 13.5. The summed E-state index contributed by atoms with van der Waals surface area (Å²) >= 11 is 0. The molecular weight excluding hydrogens is 354 g/mol. The highest BCUT2D eigenvalue weighted by atomic mass is 16.5. The van der Waals surface area contributed by atoms with E-state index in [1.54, 1.807) is 43.6 Å². The van der Waals surface area contributed by atoms with Gasteiger partial charge in [0.25, 0.3) is 5.91 Å². The van der Waals surface area contributed by atoms with Crippen molar-refractivity contribution in [1.82, 2.24) is 15.3 Å². The van der Waals surface area contributed by atoms with E-state index in [0.29, 0.717) is 35.5 Å². The summed E-state index contributed by atoms with van der Waals surface area (Å²) in [5, 5.41) is 2.92. The van der Waals surface area contributed by atoms with Crippen LogP contribution in [0.4, 0.5) is 0 Å². The summed E-state index contributed by atoms with van der Waals surface area (Å²) < 4.78 is 10.9. The third-order valence-corrected chi connectivity index (χ3v) is 3.97. The molecule has 0 saturated heterocycles. The minimum absolute atomic E-state index is 0.110. The average Bonchev–Trinajstić information content (AvgIpc) is 2.73. The maximum atomic E-state index is 12.3. The molecule has 2 aromatic carbocycles. The molecule has 0 fully saturated rings. The highest BCUT2D eigenvalue weighted by Crippen LogP contribution is 2.24. The van der Waals surface area contributed by atoms with Crippen molar-refractivity contribution in [2.45, 2.75) is 13.8 Å². The Balaban J connectivity index is 1.77. The van der Waals surface area contributed by atoms with E-state index in [9.17, 15) is 4.79 Å². The van der Waals surface area contributed by atoms with Gasteiger partial charge in [0.2, 0.25) is 5.88 Å². The molecule has 1 heterocycles. The zero-order chi connectivity index (χ0) is 19.9. The van der Waals surface area contributed by atoms with Gasteiger partial charge in [0.05, 0.1) is 7.11 Å². The number of carbonyl (C=O) groups is 1. The minimum Gasteiger partial charge on any atom is -0.497 e. The van der Waals surface area contributed by atoms with Crippen LogP contribution in [0.3, 0.4) is 0 Å². The van der Waals surface area contributed by atoms with E-state index in [4.69, 9.17) is 9.47 Å². The van der Waals surface area contributed by atoms with E-state index in [-0.39, 0.29) is 5.91 Å². The zero-order valence-electron chi connectivity index (χ0n) is 16.2. The molecule has 3 aromatic rings. The van der Waals surface area contributed by atoms with E-state index < -0.39 is 0 Å². The van der Waals surface area contributed by atoms with Crippen LogP contribution in [0.1, 0.15) is 24.2 Å². The van der Waals surface area contributed by atoms with Crippen LogP contribution in [0.15, 0.2) is 60.8 Å². The molecule has 0 atom stereocenters. The second kappa shape index (κ2) is 8.99. The summed E-state index contributed by atoms with van der Waals surface area (Å²) in [5.41, 5.74) is 1.32. The van der Waals surface area contributed by atoms with Crippen molar-refractivity contribution in [2.75, 3.05) is 13.7 Å². The minimum atomic E-state index is -0.110. The first-order valence-corrected chi connectivity index (χ1v) is 9.09. The number of rotatable bonds is 7. The molecule has 6 heteroatoms. The number of hydrogen-bond acceptors (Lipinski definition) is 5. The molecule has 144 valence electrons. The van der Waals surface area contributed by atoms with Crippen molar-refractivity contribution in [3.63, 3.8) is 0 Å². The second-order valence-electron chi connectivity index (χ2n) is 6.68. The Kier molecular flexibility index (Phi) is 6.22. The van der Waals surface area contributed by atoms with Gasteiger partial charge in [-0.2, -0.15) is 4.98 Å². The fraction of sp³-hybridized carbons (Fsp3) is 0.227. The Labute approximate surface area is 164 Å². The molecule has 1 N–H and O–H groups in total. The Hall–Kier alpha value is -3.41. The number of ether oxygens (including phenoxy) is 2. The SMILES string of the molecule is COc1ccc(Oc2ccnc(-c3cccc(C(=O)NCC(C)C)c3)n2)cc1. The van der Waals surface area contributed by atoms with Gasteiger partial charge in [0.1, 0.15) is 11.5 Å². The zero-order valence-corrected chi connectivity index (χ0v) is 16.2. The van der Waals surface area contributed by atoms with Crippen molar-refractivity contribution < 1.29 is 14.3 Å².